The van der Waals surface area contributed by atoms with Crippen molar-refractivity contribution in [2.24, 2.45) is 0 Å². The molecule has 4 N–H and O–H groups in total. The molecule has 0 saturated heterocycles. The van der Waals surface area contributed by atoms with Gasteiger partial charge in [-0.2, -0.15) is 5.26 Å². The number of aliphatic hydroxyl groups excluding tert-OH is 1. The Morgan fingerprint density at radius 3 is 2.69 bits per heavy atom. The maximum Gasteiger partial charge on any atom is 0.101 e. The normalized spacial score (nSPS) is 13.9. The number of nitriles is 1. The molecule has 0 aromatic heterocycles. The van der Waals surface area contributed by atoms with Gasteiger partial charge in [-0.05, 0) is 38.5 Å². The minimum atomic E-state index is -0.335. The summed E-state index contributed by atoms with van der Waals surface area (Å²) in [7, 11) is 0. The van der Waals surface area contributed by atoms with E-state index in [1.807, 2.05) is 19.1 Å². The third-order valence-electron chi connectivity index (χ3n) is 2.28. The van der Waals surface area contributed by atoms with Crippen molar-refractivity contribution < 1.29 is 5.11 Å². The molecule has 86 valence electrons. The summed E-state index contributed by atoms with van der Waals surface area (Å²) in [6.07, 6.45) is 0.332. The number of nitrogens with one attached hydrogen (secondary N) is 1. The molecule has 1 aromatic carbocycles. The van der Waals surface area contributed by atoms with Crippen LogP contribution in [0.1, 0.15) is 25.8 Å². The van der Waals surface area contributed by atoms with Crippen molar-refractivity contribution in [3.8, 4) is 6.07 Å². The van der Waals surface area contributed by atoms with Gasteiger partial charge in [0, 0.05) is 11.7 Å². The van der Waals surface area contributed by atoms with Gasteiger partial charge < -0.3 is 16.2 Å². The number of hydrogen-bond acceptors (Lipinski definition) is 4. The number of nitrogens with zero attached hydrogens (tertiary/aromatic N) is 1. The van der Waals surface area contributed by atoms with Crippen molar-refractivity contribution in [1.29, 1.82) is 5.26 Å². The first-order chi connectivity index (χ1) is 7.52. The van der Waals surface area contributed by atoms with E-state index in [4.69, 9.17) is 11.0 Å². The molecule has 1 aromatic rings. The van der Waals surface area contributed by atoms with E-state index in [0.717, 1.165) is 5.69 Å². The molecule has 16 heavy (non-hydrogen) atoms. The average molecular weight is 219 g/mol. The fraction of sp³-hybridized carbons (Fsp3) is 0.417. The molecule has 2 atom stereocenters. The average Bonchev–Trinajstić information content (AvgIpc) is 2.16. The zero-order chi connectivity index (χ0) is 12.1. The predicted molar refractivity (Wildman–Crippen MR) is 65.0 cm³/mol. The van der Waals surface area contributed by atoms with E-state index >= 15 is 0 Å². The van der Waals surface area contributed by atoms with E-state index in [-0.39, 0.29) is 12.1 Å². The quantitative estimate of drug-likeness (QED) is 0.673. The van der Waals surface area contributed by atoms with Crippen LogP contribution < -0.4 is 11.1 Å². The van der Waals surface area contributed by atoms with Gasteiger partial charge in [0.25, 0.3) is 0 Å². The summed E-state index contributed by atoms with van der Waals surface area (Å²) in [5.74, 6) is 0. The summed E-state index contributed by atoms with van der Waals surface area (Å²) < 4.78 is 0. The highest BCUT2D eigenvalue weighted by Gasteiger charge is 2.06. The van der Waals surface area contributed by atoms with E-state index in [9.17, 15) is 5.11 Å². The van der Waals surface area contributed by atoms with Crippen molar-refractivity contribution >= 4 is 11.4 Å². The monoisotopic (exact) mass is 219 g/mol. The van der Waals surface area contributed by atoms with Gasteiger partial charge in [-0.1, -0.05) is 0 Å². The van der Waals surface area contributed by atoms with Crippen molar-refractivity contribution in [2.75, 3.05) is 11.1 Å². The number of anilines is 2. The summed E-state index contributed by atoms with van der Waals surface area (Å²) >= 11 is 0. The Kier molecular flexibility index (Phi) is 4.15. The zero-order valence-electron chi connectivity index (χ0n) is 9.57. The van der Waals surface area contributed by atoms with Crippen LogP contribution in [0.3, 0.4) is 0 Å². The zero-order valence-corrected chi connectivity index (χ0v) is 9.57. The maximum atomic E-state index is 9.23. The van der Waals surface area contributed by atoms with Crippen LogP contribution in [-0.2, 0) is 0 Å². The minimum Gasteiger partial charge on any atom is -0.398 e. The van der Waals surface area contributed by atoms with E-state index < -0.39 is 0 Å². The molecule has 0 amide bonds. The second kappa shape index (κ2) is 5.38. The fourth-order valence-electron chi connectivity index (χ4n) is 1.61. The van der Waals surface area contributed by atoms with Crippen LogP contribution in [0, 0.1) is 11.3 Å². The van der Waals surface area contributed by atoms with Crippen LogP contribution >= 0.6 is 0 Å². The highest BCUT2D eigenvalue weighted by molar-refractivity contribution is 5.62. The molecule has 4 heteroatoms. The van der Waals surface area contributed by atoms with Crippen LogP contribution in [0.4, 0.5) is 11.4 Å². The third-order valence-corrected chi connectivity index (χ3v) is 2.28. The molecule has 0 radical (unpaired) electrons. The van der Waals surface area contributed by atoms with Crippen molar-refractivity contribution in [2.45, 2.75) is 32.4 Å². The Hall–Kier alpha value is -1.73. The Morgan fingerprint density at radius 2 is 2.19 bits per heavy atom. The fourth-order valence-corrected chi connectivity index (χ4v) is 1.61. The third kappa shape index (κ3) is 3.44. The highest BCUT2D eigenvalue weighted by Crippen LogP contribution is 2.18. The molecule has 0 heterocycles. The molecule has 1 rings (SSSR count). The second-order valence-electron chi connectivity index (χ2n) is 4.04. The first-order valence-corrected chi connectivity index (χ1v) is 5.27. The summed E-state index contributed by atoms with van der Waals surface area (Å²) in [4.78, 5) is 0. The molecule has 0 saturated carbocycles. The summed E-state index contributed by atoms with van der Waals surface area (Å²) in [6, 6.07) is 7.41. The van der Waals surface area contributed by atoms with Crippen LogP contribution in [0.25, 0.3) is 0 Å². The van der Waals surface area contributed by atoms with Crippen LogP contribution in [0.15, 0.2) is 18.2 Å². The van der Waals surface area contributed by atoms with Gasteiger partial charge >= 0.3 is 0 Å². The molecule has 2 unspecified atom stereocenters. The number of nitrogens with two attached hydrogens (primary N) is 1. The van der Waals surface area contributed by atoms with Gasteiger partial charge in [0.05, 0.1) is 17.4 Å². The molecule has 0 spiro atoms. The smallest absolute Gasteiger partial charge is 0.101 e. The number of hydrogen-bond donors (Lipinski definition) is 3. The first kappa shape index (κ1) is 12.3. The van der Waals surface area contributed by atoms with E-state index in [1.165, 1.54) is 0 Å². The Morgan fingerprint density at radius 1 is 1.50 bits per heavy atom. The van der Waals surface area contributed by atoms with Gasteiger partial charge in [-0.25, -0.2) is 0 Å². The van der Waals surface area contributed by atoms with E-state index in [0.29, 0.717) is 17.7 Å². The topological polar surface area (TPSA) is 82.1 Å². The summed E-state index contributed by atoms with van der Waals surface area (Å²) in [5, 5.41) is 21.2. The van der Waals surface area contributed by atoms with E-state index in [1.54, 1.807) is 19.1 Å². The maximum absolute atomic E-state index is 9.23. The highest BCUT2D eigenvalue weighted by atomic mass is 16.3. The number of benzene rings is 1. The molecule has 0 aliphatic heterocycles. The van der Waals surface area contributed by atoms with Crippen molar-refractivity contribution in [3.05, 3.63) is 23.8 Å². The van der Waals surface area contributed by atoms with Crippen LogP contribution in [0.5, 0.6) is 0 Å². The number of rotatable bonds is 4. The van der Waals surface area contributed by atoms with E-state index in [2.05, 4.69) is 5.32 Å². The standard InChI is InChI=1S/C12H17N3O/c1-8(5-9(2)16)15-11-4-3-10(7-13)12(14)6-11/h3-4,6,8-9,15-16H,5,14H2,1-2H3. The van der Waals surface area contributed by atoms with Gasteiger partial charge in [-0.3, -0.25) is 0 Å². The molecule has 0 aliphatic carbocycles. The number of aliphatic hydroxyl groups is 1. The molecular weight excluding hydrogens is 202 g/mol. The van der Waals surface area contributed by atoms with Crippen LogP contribution in [-0.4, -0.2) is 17.3 Å². The number of nitrogen functional groups attached to an aromatic ring is 1. The SMILES string of the molecule is CC(O)CC(C)Nc1ccc(C#N)c(N)c1. The minimum absolute atomic E-state index is 0.160. The molecular formula is C12H17N3O. The first-order valence-electron chi connectivity index (χ1n) is 5.27. The van der Waals surface area contributed by atoms with Crippen molar-refractivity contribution in [3.63, 3.8) is 0 Å². The molecule has 4 nitrogen and oxygen atoms in total. The molecule has 0 bridgehead atoms. The largest absolute Gasteiger partial charge is 0.398 e. The lowest BCUT2D eigenvalue weighted by Crippen LogP contribution is -2.20. The Bertz CT molecular complexity index is 396. The summed E-state index contributed by atoms with van der Waals surface area (Å²) in [6.45, 7) is 3.74. The lowest BCUT2D eigenvalue weighted by atomic mass is 10.1. The lowest BCUT2D eigenvalue weighted by molar-refractivity contribution is 0.179. The van der Waals surface area contributed by atoms with Crippen molar-refractivity contribution in [1.82, 2.24) is 0 Å². The van der Waals surface area contributed by atoms with Crippen LogP contribution in [0.2, 0.25) is 0 Å². The second-order valence-corrected chi connectivity index (χ2v) is 4.04. The molecule has 0 aliphatic rings. The van der Waals surface area contributed by atoms with Gasteiger partial charge in [0.15, 0.2) is 0 Å². The van der Waals surface area contributed by atoms with Gasteiger partial charge in [0.2, 0.25) is 0 Å². The van der Waals surface area contributed by atoms with Gasteiger partial charge in [0.1, 0.15) is 6.07 Å². The molecule has 0 fully saturated rings. The predicted octanol–water partition coefficient (Wildman–Crippen LogP) is 1.71. The Balaban J connectivity index is 2.69. The van der Waals surface area contributed by atoms with Gasteiger partial charge in [-0.15, -0.1) is 0 Å². The Labute approximate surface area is 95.7 Å². The lowest BCUT2D eigenvalue weighted by Gasteiger charge is -2.17. The summed E-state index contributed by atoms with van der Waals surface area (Å²) in [5.41, 5.74) is 7.51.